The molecule has 1 aliphatic heterocycles. The summed E-state index contributed by atoms with van der Waals surface area (Å²) in [5.74, 6) is 1.12. The van der Waals surface area contributed by atoms with Gasteiger partial charge in [-0.15, -0.1) is 0 Å². The molecule has 5 heteroatoms. The normalized spacial score (nSPS) is 22.7. The first-order chi connectivity index (χ1) is 10.0. The smallest absolute Gasteiger partial charge is 0.210 e. The Morgan fingerprint density at radius 3 is 2.71 bits per heavy atom. The third-order valence-electron chi connectivity index (χ3n) is 3.98. The highest BCUT2D eigenvalue weighted by Gasteiger charge is 2.31. The van der Waals surface area contributed by atoms with Crippen molar-refractivity contribution in [2.24, 2.45) is 0 Å². The number of fused-ring (bicyclic) bond motifs is 1. The van der Waals surface area contributed by atoms with E-state index in [-0.39, 0.29) is 4.75 Å². The summed E-state index contributed by atoms with van der Waals surface area (Å²) in [5, 5.41) is 1.72. The van der Waals surface area contributed by atoms with Crippen molar-refractivity contribution in [3.05, 3.63) is 42.5 Å². The number of benzene rings is 2. The lowest BCUT2D eigenvalue weighted by Crippen LogP contribution is -2.36. The Morgan fingerprint density at radius 1 is 1.19 bits per heavy atom. The van der Waals surface area contributed by atoms with Gasteiger partial charge in [0, 0.05) is 16.7 Å². The molecule has 0 aliphatic carbocycles. The molecule has 3 rings (SSSR count). The van der Waals surface area contributed by atoms with Crippen LogP contribution < -0.4 is 4.72 Å². The zero-order valence-electron chi connectivity index (χ0n) is 12.0. The van der Waals surface area contributed by atoms with Crippen LogP contribution in [0.1, 0.15) is 19.8 Å². The van der Waals surface area contributed by atoms with Crippen molar-refractivity contribution in [2.45, 2.75) is 29.4 Å². The maximum Gasteiger partial charge on any atom is 0.241 e. The van der Waals surface area contributed by atoms with Crippen molar-refractivity contribution < 1.29 is 8.42 Å². The number of sulfonamides is 1. The van der Waals surface area contributed by atoms with Crippen LogP contribution in [-0.2, 0) is 10.0 Å². The molecule has 3 nitrogen and oxygen atoms in total. The summed E-state index contributed by atoms with van der Waals surface area (Å²) in [4.78, 5) is 0.368. The zero-order chi connectivity index (χ0) is 14.9. The Labute approximate surface area is 130 Å². The van der Waals surface area contributed by atoms with Gasteiger partial charge >= 0.3 is 0 Å². The number of nitrogens with one attached hydrogen (secondary N) is 1. The molecule has 1 aliphatic rings. The molecule has 21 heavy (non-hydrogen) atoms. The molecule has 2 aromatic rings. The second-order valence-electron chi connectivity index (χ2n) is 5.70. The minimum atomic E-state index is -3.48. The maximum absolute atomic E-state index is 12.6. The van der Waals surface area contributed by atoms with Gasteiger partial charge in [0.15, 0.2) is 0 Å². The number of hydrogen-bond acceptors (Lipinski definition) is 3. The fourth-order valence-electron chi connectivity index (χ4n) is 2.73. The molecular weight excluding hydrogens is 302 g/mol. The molecule has 1 heterocycles. The predicted molar refractivity (Wildman–Crippen MR) is 89.2 cm³/mol. The topological polar surface area (TPSA) is 46.2 Å². The SMILES string of the molecule is CC1(CNS(=O)(=O)c2cccc3ccccc23)CCCS1. The molecule has 1 N–H and O–H groups in total. The largest absolute Gasteiger partial charge is 0.241 e. The third-order valence-corrected chi connectivity index (χ3v) is 6.97. The second kappa shape index (κ2) is 5.63. The summed E-state index contributed by atoms with van der Waals surface area (Å²) in [5.41, 5.74) is 0. The van der Waals surface area contributed by atoms with Crippen molar-refractivity contribution in [3.8, 4) is 0 Å². The lowest BCUT2D eigenvalue weighted by Gasteiger charge is -2.23. The molecular formula is C16H19NO2S2. The van der Waals surface area contributed by atoms with E-state index >= 15 is 0 Å². The van der Waals surface area contributed by atoms with E-state index in [0.29, 0.717) is 11.4 Å². The monoisotopic (exact) mass is 321 g/mol. The van der Waals surface area contributed by atoms with Gasteiger partial charge in [-0.1, -0.05) is 36.4 Å². The Morgan fingerprint density at radius 2 is 1.95 bits per heavy atom. The van der Waals surface area contributed by atoms with Crippen molar-refractivity contribution in [1.82, 2.24) is 4.72 Å². The molecule has 0 saturated carbocycles. The highest BCUT2D eigenvalue weighted by atomic mass is 32.2. The van der Waals surface area contributed by atoms with Gasteiger partial charge in [-0.05, 0) is 37.0 Å². The van der Waals surface area contributed by atoms with E-state index in [1.165, 1.54) is 0 Å². The van der Waals surface area contributed by atoms with Crippen LogP contribution in [0, 0.1) is 0 Å². The molecule has 0 spiro atoms. The van der Waals surface area contributed by atoms with Crippen molar-refractivity contribution in [1.29, 1.82) is 0 Å². The second-order valence-corrected chi connectivity index (χ2v) is 9.12. The van der Waals surface area contributed by atoms with Gasteiger partial charge in [0.25, 0.3) is 0 Å². The van der Waals surface area contributed by atoms with Gasteiger partial charge in [-0.2, -0.15) is 11.8 Å². The third kappa shape index (κ3) is 3.10. The zero-order valence-corrected chi connectivity index (χ0v) is 13.6. The summed E-state index contributed by atoms with van der Waals surface area (Å²) in [7, 11) is -3.48. The fraction of sp³-hybridized carbons (Fsp3) is 0.375. The van der Waals surface area contributed by atoms with Crippen LogP contribution in [0.15, 0.2) is 47.4 Å². The van der Waals surface area contributed by atoms with Crippen LogP contribution in [0.2, 0.25) is 0 Å². The van der Waals surface area contributed by atoms with E-state index in [4.69, 9.17) is 0 Å². The van der Waals surface area contributed by atoms with Crippen molar-refractivity contribution in [3.63, 3.8) is 0 Å². The van der Waals surface area contributed by atoms with Crippen LogP contribution in [0.25, 0.3) is 10.8 Å². The van der Waals surface area contributed by atoms with Crippen molar-refractivity contribution >= 4 is 32.6 Å². The molecule has 112 valence electrons. The Balaban J connectivity index is 1.90. The van der Waals surface area contributed by atoms with Gasteiger partial charge in [0.2, 0.25) is 10.0 Å². The Kier molecular flexibility index (Phi) is 3.99. The first-order valence-corrected chi connectivity index (χ1v) is 9.59. The lowest BCUT2D eigenvalue weighted by molar-refractivity contribution is 0.553. The first kappa shape index (κ1) is 14.9. The molecule has 1 unspecified atom stereocenters. The summed E-state index contributed by atoms with van der Waals surface area (Å²) in [6.07, 6.45) is 2.23. The van der Waals surface area contributed by atoms with E-state index in [0.717, 1.165) is 29.4 Å². The van der Waals surface area contributed by atoms with Gasteiger partial charge in [-0.25, -0.2) is 13.1 Å². The molecule has 0 radical (unpaired) electrons. The predicted octanol–water partition coefficient (Wildman–Crippen LogP) is 3.40. The molecule has 0 amide bonds. The molecule has 1 atom stereocenters. The van der Waals surface area contributed by atoms with Gasteiger partial charge in [0.1, 0.15) is 0 Å². The first-order valence-electron chi connectivity index (χ1n) is 7.12. The summed E-state index contributed by atoms with van der Waals surface area (Å²) in [6, 6.07) is 13.0. The molecule has 0 aromatic heterocycles. The van der Waals surface area contributed by atoms with Crippen molar-refractivity contribution in [2.75, 3.05) is 12.3 Å². The van der Waals surface area contributed by atoms with Crippen LogP contribution in [0.3, 0.4) is 0 Å². The standard InChI is InChI=1S/C16H19NO2S2/c1-16(10-5-11-20-16)12-17-21(18,19)15-9-4-7-13-6-2-3-8-14(13)15/h2-4,6-9,17H,5,10-12H2,1H3. The van der Waals surface area contributed by atoms with E-state index in [9.17, 15) is 8.42 Å². The number of rotatable bonds is 4. The highest BCUT2D eigenvalue weighted by Crippen LogP contribution is 2.37. The maximum atomic E-state index is 12.6. The summed E-state index contributed by atoms with van der Waals surface area (Å²) in [6.45, 7) is 2.62. The van der Waals surface area contributed by atoms with E-state index < -0.39 is 10.0 Å². The number of thioether (sulfide) groups is 1. The average Bonchev–Trinajstić information content (AvgIpc) is 2.92. The Bertz CT molecular complexity index is 744. The van der Waals surface area contributed by atoms with Crippen LogP contribution >= 0.6 is 11.8 Å². The van der Waals surface area contributed by atoms with Gasteiger partial charge in [0.05, 0.1) is 4.90 Å². The van der Waals surface area contributed by atoms with Crippen LogP contribution in [0.4, 0.5) is 0 Å². The molecule has 1 fully saturated rings. The number of hydrogen-bond donors (Lipinski definition) is 1. The van der Waals surface area contributed by atoms with E-state index in [1.54, 1.807) is 12.1 Å². The van der Waals surface area contributed by atoms with E-state index in [1.807, 2.05) is 42.1 Å². The van der Waals surface area contributed by atoms with Crippen LogP contribution in [0.5, 0.6) is 0 Å². The Hall–Kier alpha value is -1.04. The van der Waals surface area contributed by atoms with Gasteiger partial charge < -0.3 is 0 Å². The molecule has 0 bridgehead atoms. The van der Waals surface area contributed by atoms with E-state index in [2.05, 4.69) is 11.6 Å². The highest BCUT2D eigenvalue weighted by molar-refractivity contribution is 8.01. The molecule has 2 aromatic carbocycles. The average molecular weight is 321 g/mol. The summed E-state index contributed by atoms with van der Waals surface area (Å²) >= 11 is 1.86. The van der Waals surface area contributed by atoms with Gasteiger partial charge in [-0.3, -0.25) is 0 Å². The quantitative estimate of drug-likeness (QED) is 0.939. The van der Waals surface area contributed by atoms with Crippen LogP contribution in [-0.4, -0.2) is 25.5 Å². The summed E-state index contributed by atoms with van der Waals surface area (Å²) < 4.78 is 28.1. The fourth-order valence-corrected chi connectivity index (χ4v) is 5.46. The minimum Gasteiger partial charge on any atom is -0.210 e. The lowest BCUT2D eigenvalue weighted by atomic mass is 10.1. The molecule has 1 saturated heterocycles. The minimum absolute atomic E-state index is 0.0255.